The van der Waals surface area contributed by atoms with E-state index in [4.69, 9.17) is 0 Å². The van der Waals surface area contributed by atoms with E-state index in [9.17, 15) is 4.79 Å². The molecule has 0 saturated heterocycles. The molecule has 6 rings (SSSR count). The molecule has 5 aromatic rings. The first kappa shape index (κ1) is 18.6. The van der Waals surface area contributed by atoms with Gasteiger partial charge in [0.15, 0.2) is 0 Å². The number of amides is 1. The van der Waals surface area contributed by atoms with Crippen molar-refractivity contribution in [3.8, 4) is 11.3 Å². The normalized spacial score (nSPS) is 15.4. The molecule has 154 valence electrons. The highest BCUT2D eigenvalue weighted by Crippen LogP contribution is 2.45. The minimum Gasteiger partial charge on any atom is -0.354 e. The summed E-state index contributed by atoms with van der Waals surface area (Å²) in [6, 6.07) is 31.1. The zero-order valence-electron chi connectivity index (χ0n) is 17.6. The van der Waals surface area contributed by atoms with Gasteiger partial charge in [-0.2, -0.15) is 0 Å². The number of benzene rings is 4. The monoisotopic (exact) mass is 414 g/mol. The largest absolute Gasteiger partial charge is 0.354 e. The van der Waals surface area contributed by atoms with Gasteiger partial charge in [-0.3, -0.25) is 4.79 Å². The van der Waals surface area contributed by atoms with Crippen LogP contribution in [0.4, 0.5) is 0 Å². The van der Waals surface area contributed by atoms with Gasteiger partial charge in [-0.25, -0.2) is 0 Å². The lowest BCUT2D eigenvalue weighted by Crippen LogP contribution is -2.29. The summed E-state index contributed by atoms with van der Waals surface area (Å²) in [5, 5.41) is 3.54. The molecule has 0 radical (unpaired) electrons. The van der Waals surface area contributed by atoms with Gasteiger partial charge in [-0.1, -0.05) is 78.9 Å². The second-order valence-electron chi connectivity index (χ2n) is 8.26. The fourth-order valence-corrected chi connectivity index (χ4v) is 5.03. The fraction of sp³-hybridized carbons (Fsp3) is 0.0690. The molecule has 0 aliphatic carbocycles. The standard InChI is InChI=1S/C29H22N2O/c1-2-17-31-28(22-11-5-6-12-23(22)29(31)32)26-24-13-7-8-14-25(24)30-27(26)21-16-15-19-9-3-4-10-20(19)18-21/h2-16,18,28,30H,1,17H2/t28-/m0/s1. The van der Waals surface area contributed by atoms with E-state index in [1.165, 1.54) is 10.8 Å². The van der Waals surface area contributed by atoms with Crippen molar-refractivity contribution in [1.82, 2.24) is 9.88 Å². The number of nitrogens with zero attached hydrogens (tertiary/aromatic N) is 1. The number of H-pyrrole nitrogens is 1. The average Bonchev–Trinajstić information content (AvgIpc) is 3.35. The van der Waals surface area contributed by atoms with Crippen molar-refractivity contribution in [2.45, 2.75) is 6.04 Å². The number of carbonyl (C=O) groups excluding carboxylic acids is 1. The molecular weight excluding hydrogens is 392 g/mol. The summed E-state index contributed by atoms with van der Waals surface area (Å²) in [5.74, 6) is 0.0558. The molecule has 1 N–H and O–H groups in total. The Hall–Kier alpha value is -4.11. The van der Waals surface area contributed by atoms with Gasteiger partial charge in [0.1, 0.15) is 0 Å². The lowest BCUT2D eigenvalue weighted by molar-refractivity contribution is 0.0771. The highest BCUT2D eigenvalue weighted by molar-refractivity contribution is 6.02. The molecule has 0 bridgehead atoms. The van der Waals surface area contributed by atoms with E-state index in [0.717, 1.165) is 38.9 Å². The van der Waals surface area contributed by atoms with E-state index in [0.29, 0.717) is 6.54 Å². The van der Waals surface area contributed by atoms with E-state index in [1.54, 1.807) is 6.08 Å². The number of rotatable bonds is 4. The van der Waals surface area contributed by atoms with Crippen LogP contribution in [0.2, 0.25) is 0 Å². The summed E-state index contributed by atoms with van der Waals surface area (Å²) in [7, 11) is 0. The molecule has 2 heterocycles. The predicted molar refractivity (Wildman–Crippen MR) is 131 cm³/mol. The first-order valence-electron chi connectivity index (χ1n) is 10.9. The summed E-state index contributed by atoms with van der Waals surface area (Å²) in [5.41, 5.74) is 6.20. The van der Waals surface area contributed by atoms with Gasteiger partial charge in [-0.15, -0.1) is 6.58 Å². The number of hydrogen-bond donors (Lipinski definition) is 1. The van der Waals surface area contributed by atoms with Gasteiger partial charge < -0.3 is 9.88 Å². The van der Waals surface area contributed by atoms with Crippen LogP contribution in [0.25, 0.3) is 32.9 Å². The van der Waals surface area contributed by atoms with Crippen molar-refractivity contribution in [2.24, 2.45) is 0 Å². The molecule has 0 unspecified atom stereocenters. The van der Waals surface area contributed by atoms with Gasteiger partial charge in [-0.05, 0) is 40.1 Å². The number of aromatic nitrogens is 1. The van der Waals surface area contributed by atoms with Crippen LogP contribution in [-0.4, -0.2) is 22.3 Å². The third kappa shape index (κ3) is 2.71. The number of para-hydroxylation sites is 1. The summed E-state index contributed by atoms with van der Waals surface area (Å²) in [6.45, 7) is 4.41. The van der Waals surface area contributed by atoms with Crippen LogP contribution in [0.5, 0.6) is 0 Å². The molecule has 4 aromatic carbocycles. The van der Waals surface area contributed by atoms with Crippen molar-refractivity contribution in [3.63, 3.8) is 0 Å². The summed E-state index contributed by atoms with van der Waals surface area (Å²) in [6.07, 6.45) is 1.81. The first-order valence-corrected chi connectivity index (χ1v) is 10.9. The van der Waals surface area contributed by atoms with Crippen LogP contribution in [0.3, 0.4) is 0 Å². The van der Waals surface area contributed by atoms with E-state index in [2.05, 4.69) is 78.3 Å². The summed E-state index contributed by atoms with van der Waals surface area (Å²) >= 11 is 0. The molecule has 1 aromatic heterocycles. The highest BCUT2D eigenvalue weighted by Gasteiger charge is 2.39. The van der Waals surface area contributed by atoms with Gasteiger partial charge in [0.25, 0.3) is 5.91 Å². The quantitative estimate of drug-likeness (QED) is 0.326. The first-order chi connectivity index (χ1) is 15.8. The van der Waals surface area contributed by atoms with Crippen molar-refractivity contribution < 1.29 is 4.79 Å². The molecule has 1 atom stereocenters. The van der Waals surface area contributed by atoms with Gasteiger partial charge >= 0.3 is 0 Å². The minimum absolute atomic E-state index is 0.0558. The molecule has 3 nitrogen and oxygen atoms in total. The second-order valence-corrected chi connectivity index (χ2v) is 8.26. The molecule has 3 heteroatoms. The van der Waals surface area contributed by atoms with Gasteiger partial charge in [0.2, 0.25) is 0 Å². The summed E-state index contributed by atoms with van der Waals surface area (Å²) in [4.78, 5) is 18.9. The van der Waals surface area contributed by atoms with Crippen LogP contribution >= 0.6 is 0 Å². The van der Waals surface area contributed by atoms with Crippen LogP contribution in [0.1, 0.15) is 27.5 Å². The highest BCUT2D eigenvalue weighted by atomic mass is 16.2. The topological polar surface area (TPSA) is 36.1 Å². The average molecular weight is 415 g/mol. The molecule has 1 amide bonds. The number of fused-ring (bicyclic) bond motifs is 3. The molecule has 0 saturated carbocycles. The smallest absolute Gasteiger partial charge is 0.255 e. The van der Waals surface area contributed by atoms with E-state index >= 15 is 0 Å². The van der Waals surface area contributed by atoms with Crippen LogP contribution < -0.4 is 0 Å². The Morgan fingerprint density at radius 1 is 0.875 bits per heavy atom. The van der Waals surface area contributed by atoms with Crippen LogP contribution in [-0.2, 0) is 0 Å². The zero-order chi connectivity index (χ0) is 21.7. The van der Waals surface area contributed by atoms with Gasteiger partial charge in [0.05, 0.1) is 11.7 Å². The van der Waals surface area contributed by atoms with Crippen molar-refractivity contribution in [1.29, 1.82) is 0 Å². The lowest BCUT2D eigenvalue weighted by Gasteiger charge is -2.25. The molecule has 32 heavy (non-hydrogen) atoms. The zero-order valence-corrected chi connectivity index (χ0v) is 17.6. The maximum Gasteiger partial charge on any atom is 0.255 e. The Bertz CT molecular complexity index is 1510. The third-order valence-electron chi connectivity index (χ3n) is 6.44. The third-order valence-corrected chi connectivity index (χ3v) is 6.44. The van der Waals surface area contributed by atoms with E-state index in [-0.39, 0.29) is 11.9 Å². The SMILES string of the molecule is C=CCN1C(=O)c2ccccc2[C@H]1c1c(-c2ccc3ccccc3c2)[nH]c2ccccc12. The fourth-order valence-electron chi connectivity index (χ4n) is 5.03. The minimum atomic E-state index is -0.172. The number of hydrogen-bond acceptors (Lipinski definition) is 1. The molecule has 1 aliphatic rings. The number of nitrogens with one attached hydrogen (secondary N) is 1. The second kappa shape index (κ2) is 7.24. The van der Waals surface area contributed by atoms with Gasteiger partial charge in [0, 0.05) is 28.6 Å². The van der Waals surface area contributed by atoms with Crippen molar-refractivity contribution in [3.05, 3.63) is 120 Å². The van der Waals surface area contributed by atoms with Crippen LogP contribution in [0.15, 0.2) is 104 Å². The predicted octanol–water partition coefficient (Wildman–Crippen LogP) is 6.72. The maximum absolute atomic E-state index is 13.3. The Balaban J connectivity index is 1.65. The Morgan fingerprint density at radius 2 is 1.62 bits per heavy atom. The van der Waals surface area contributed by atoms with Crippen LogP contribution in [0, 0.1) is 0 Å². The Labute approximate surface area is 186 Å². The van der Waals surface area contributed by atoms with E-state index < -0.39 is 0 Å². The molecular formula is C29H22N2O. The molecule has 0 spiro atoms. The van der Waals surface area contributed by atoms with E-state index in [1.807, 2.05) is 29.2 Å². The Morgan fingerprint density at radius 3 is 2.50 bits per heavy atom. The molecule has 0 fully saturated rings. The molecule has 1 aliphatic heterocycles. The number of aromatic amines is 1. The maximum atomic E-state index is 13.3. The van der Waals surface area contributed by atoms with Crippen molar-refractivity contribution >= 4 is 27.6 Å². The lowest BCUT2D eigenvalue weighted by atomic mass is 9.92. The Kier molecular flexibility index (Phi) is 4.22. The van der Waals surface area contributed by atoms with Crippen molar-refractivity contribution in [2.75, 3.05) is 6.54 Å². The number of carbonyl (C=O) groups is 1. The summed E-state index contributed by atoms with van der Waals surface area (Å²) < 4.78 is 0.